The molecule has 2 aromatic rings. The third kappa shape index (κ3) is 8.22. The highest BCUT2D eigenvalue weighted by Crippen LogP contribution is 2.35. The van der Waals surface area contributed by atoms with Crippen molar-refractivity contribution in [1.82, 2.24) is 0 Å². The maximum Gasteiger partial charge on any atom is 0.215 e. The topological polar surface area (TPSA) is 36.9 Å². The first-order chi connectivity index (χ1) is 13.7. The molecule has 0 fully saturated rings. The van der Waals surface area contributed by atoms with E-state index in [1.54, 1.807) is 0 Å². The van der Waals surface area contributed by atoms with Crippen molar-refractivity contribution in [3.8, 4) is 11.5 Å². The normalized spacial score (nSPS) is 12.9. The van der Waals surface area contributed by atoms with Crippen LogP contribution in [0.1, 0.15) is 59.1 Å². The lowest BCUT2D eigenvalue weighted by molar-refractivity contribution is 0.261. The van der Waals surface area contributed by atoms with E-state index >= 15 is 0 Å². The fraction of sp³-hybridized carbons (Fsp3) is 0.478. The zero-order chi connectivity index (χ0) is 21.3. The smallest absolute Gasteiger partial charge is 0.215 e. The summed E-state index contributed by atoms with van der Waals surface area (Å²) < 4.78 is 22.9. The van der Waals surface area contributed by atoms with Crippen LogP contribution in [0.15, 0.2) is 48.5 Å². The van der Waals surface area contributed by atoms with E-state index in [2.05, 4.69) is 53.7 Å². The van der Waals surface area contributed by atoms with Crippen molar-refractivity contribution in [2.45, 2.75) is 58.8 Å². The molecule has 0 aromatic heterocycles. The zero-order valence-electron chi connectivity index (χ0n) is 18.4. The Morgan fingerprint density at radius 3 is 1.38 bits per heavy atom. The van der Waals surface area contributed by atoms with E-state index in [0.717, 1.165) is 17.9 Å². The highest BCUT2D eigenvalue weighted by atomic mass is 31.1. The van der Waals surface area contributed by atoms with Crippen LogP contribution in [0.25, 0.3) is 0 Å². The van der Waals surface area contributed by atoms with E-state index in [1.807, 2.05) is 36.4 Å². The average molecular weight is 436 g/mol. The van der Waals surface area contributed by atoms with Crippen LogP contribution in [0.2, 0.25) is 0 Å². The molecule has 0 saturated carbocycles. The molecule has 0 radical (unpaired) electrons. The van der Waals surface area contributed by atoms with Gasteiger partial charge in [-0.1, -0.05) is 77.9 Å². The van der Waals surface area contributed by atoms with Gasteiger partial charge in [-0.3, -0.25) is 0 Å². The first kappa shape index (κ1) is 24.1. The van der Waals surface area contributed by atoms with Gasteiger partial charge in [-0.2, -0.15) is 0 Å². The van der Waals surface area contributed by atoms with E-state index in [1.165, 1.54) is 11.1 Å². The first-order valence-electron chi connectivity index (χ1n) is 9.96. The minimum absolute atomic E-state index is 0.0179. The van der Waals surface area contributed by atoms with Crippen molar-refractivity contribution in [1.29, 1.82) is 0 Å². The fourth-order valence-corrected chi connectivity index (χ4v) is 3.89. The van der Waals surface area contributed by atoms with Crippen LogP contribution in [0.3, 0.4) is 0 Å². The van der Waals surface area contributed by atoms with Gasteiger partial charge in [-0.05, 0) is 40.5 Å². The summed E-state index contributed by atoms with van der Waals surface area (Å²) in [6.07, 6.45) is 0.800. The molecule has 0 amide bonds. The Labute approximate surface area is 179 Å². The second-order valence-corrected chi connectivity index (χ2v) is 10.2. The van der Waals surface area contributed by atoms with E-state index in [0.29, 0.717) is 13.2 Å². The van der Waals surface area contributed by atoms with Crippen molar-refractivity contribution in [3.63, 3.8) is 0 Å². The molecule has 2 unspecified atom stereocenters. The van der Waals surface area contributed by atoms with Crippen molar-refractivity contribution in [2.75, 3.05) is 13.2 Å². The summed E-state index contributed by atoms with van der Waals surface area (Å²) in [6, 6.07) is 16.2. The molecule has 0 aliphatic rings. The minimum Gasteiger partial charge on any atom is -0.449 e. The van der Waals surface area contributed by atoms with Crippen molar-refractivity contribution in [2.24, 2.45) is 0 Å². The molecular weight excluding hydrogens is 402 g/mol. The molecule has 0 N–H and O–H groups in total. The number of para-hydroxylation sites is 2. The quantitative estimate of drug-likeness (QED) is 0.292. The Kier molecular flexibility index (Phi) is 9.37. The van der Waals surface area contributed by atoms with Crippen molar-refractivity contribution < 1.29 is 18.1 Å². The predicted molar refractivity (Wildman–Crippen MR) is 125 cm³/mol. The van der Waals surface area contributed by atoms with Crippen LogP contribution in [0.4, 0.5) is 0 Å². The summed E-state index contributed by atoms with van der Waals surface area (Å²) in [7, 11) is -0.0359. The van der Waals surface area contributed by atoms with Crippen molar-refractivity contribution in [3.05, 3.63) is 59.7 Å². The maximum absolute atomic E-state index is 5.84. The van der Waals surface area contributed by atoms with Gasteiger partial charge in [0.25, 0.3) is 0 Å². The van der Waals surface area contributed by atoms with Crippen LogP contribution in [0.5, 0.6) is 11.5 Å². The summed E-state index contributed by atoms with van der Waals surface area (Å²) in [5, 5.41) is 0. The lowest BCUT2D eigenvalue weighted by atomic mass is 9.86. The van der Waals surface area contributed by atoms with Gasteiger partial charge in [0.15, 0.2) is 0 Å². The maximum atomic E-state index is 5.84. The van der Waals surface area contributed by atoms with Crippen LogP contribution >= 0.6 is 18.1 Å². The standard InChI is InChI=1S/C23H34O4P2/c1-22(2,3)18-12-7-9-14-20(18)26-28-24-16-11-17-25-29-27-21-15-10-8-13-19(21)23(4,5)6/h7-10,12-15,28-29H,11,16-17H2,1-6H3. The van der Waals surface area contributed by atoms with Crippen LogP contribution in [-0.4, -0.2) is 13.2 Å². The minimum atomic E-state index is -0.0179. The van der Waals surface area contributed by atoms with Gasteiger partial charge < -0.3 is 18.1 Å². The fourth-order valence-electron chi connectivity index (χ4n) is 2.79. The second kappa shape index (κ2) is 11.3. The molecule has 29 heavy (non-hydrogen) atoms. The van der Waals surface area contributed by atoms with Gasteiger partial charge in [0.1, 0.15) is 11.5 Å². The molecular formula is C23H34O4P2. The second-order valence-electron chi connectivity index (χ2n) is 8.91. The molecule has 0 spiro atoms. The lowest BCUT2D eigenvalue weighted by Crippen LogP contribution is -2.12. The number of hydrogen-bond acceptors (Lipinski definition) is 4. The molecule has 2 rings (SSSR count). The molecule has 0 aliphatic carbocycles. The Hall–Kier alpha value is -1.18. The molecule has 6 heteroatoms. The van der Waals surface area contributed by atoms with E-state index in [9.17, 15) is 0 Å². The highest BCUT2D eigenvalue weighted by Gasteiger charge is 2.19. The molecule has 160 valence electrons. The van der Waals surface area contributed by atoms with Gasteiger partial charge in [-0.25, -0.2) is 0 Å². The zero-order valence-corrected chi connectivity index (χ0v) is 20.4. The number of hydrogen-bond donors (Lipinski definition) is 0. The third-order valence-corrected chi connectivity index (χ3v) is 5.55. The van der Waals surface area contributed by atoms with Gasteiger partial charge in [0, 0.05) is 0 Å². The van der Waals surface area contributed by atoms with E-state index < -0.39 is 0 Å². The SMILES string of the molecule is CC(C)(C)c1ccccc1OPOCCCOPOc1ccccc1C(C)(C)C. The summed E-state index contributed by atoms with van der Waals surface area (Å²) in [5.74, 6) is 1.78. The number of rotatable bonds is 10. The summed E-state index contributed by atoms with van der Waals surface area (Å²) in [5.41, 5.74) is 2.46. The third-order valence-electron chi connectivity index (χ3n) is 4.30. The summed E-state index contributed by atoms with van der Waals surface area (Å²) >= 11 is 0. The molecule has 0 saturated heterocycles. The molecule has 0 bridgehead atoms. The average Bonchev–Trinajstić information content (AvgIpc) is 2.66. The van der Waals surface area contributed by atoms with E-state index in [-0.39, 0.29) is 28.9 Å². The van der Waals surface area contributed by atoms with Gasteiger partial charge in [0.2, 0.25) is 18.1 Å². The van der Waals surface area contributed by atoms with Crippen LogP contribution in [0, 0.1) is 0 Å². The van der Waals surface area contributed by atoms with Crippen molar-refractivity contribution >= 4 is 18.1 Å². The molecule has 2 atom stereocenters. The Morgan fingerprint density at radius 1 is 0.621 bits per heavy atom. The number of benzene rings is 2. The highest BCUT2D eigenvalue weighted by molar-refractivity contribution is 7.26. The lowest BCUT2D eigenvalue weighted by Gasteiger charge is -2.22. The molecule has 0 heterocycles. The van der Waals surface area contributed by atoms with Crippen LogP contribution in [-0.2, 0) is 19.9 Å². The Balaban J connectivity index is 1.61. The molecule has 4 nitrogen and oxygen atoms in total. The van der Waals surface area contributed by atoms with E-state index in [4.69, 9.17) is 18.1 Å². The van der Waals surface area contributed by atoms with Crippen LogP contribution < -0.4 is 9.05 Å². The van der Waals surface area contributed by atoms with Gasteiger partial charge in [-0.15, -0.1) is 0 Å². The Bertz CT molecular complexity index is 688. The largest absolute Gasteiger partial charge is 0.449 e. The molecule has 0 aliphatic heterocycles. The monoisotopic (exact) mass is 436 g/mol. The first-order valence-corrected chi connectivity index (χ1v) is 11.6. The predicted octanol–water partition coefficient (Wildman–Crippen LogP) is 7.18. The summed E-state index contributed by atoms with van der Waals surface area (Å²) in [6.45, 7) is 14.3. The van der Waals surface area contributed by atoms with Gasteiger partial charge in [0.05, 0.1) is 13.2 Å². The Morgan fingerprint density at radius 2 is 1.00 bits per heavy atom. The van der Waals surface area contributed by atoms with Gasteiger partial charge >= 0.3 is 0 Å². The summed E-state index contributed by atoms with van der Waals surface area (Å²) in [4.78, 5) is 0. The molecule has 2 aromatic carbocycles.